The Bertz CT molecular complexity index is 1210. The Kier molecular flexibility index (Phi) is 51.5. The van der Waals surface area contributed by atoms with Gasteiger partial charge in [0.1, 0.15) is 0 Å². The number of amides is 4. The van der Waals surface area contributed by atoms with Crippen LogP contribution >= 0.6 is 0 Å². The van der Waals surface area contributed by atoms with E-state index in [4.69, 9.17) is 0 Å². The van der Waals surface area contributed by atoms with Gasteiger partial charge in [0, 0.05) is 44.6 Å². The molecule has 0 radical (unpaired) electrons. The summed E-state index contributed by atoms with van der Waals surface area (Å²) < 4.78 is 0. The van der Waals surface area contributed by atoms with Gasteiger partial charge in [0.2, 0.25) is 11.8 Å². The summed E-state index contributed by atoms with van der Waals surface area (Å²) in [5.41, 5.74) is 0. The lowest BCUT2D eigenvalue weighted by atomic mass is 10.00. The first-order valence-corrected chi connectivity index (χ1v) is 30.7. The van der Waals surface area contributed by atoms with Crippen molar-refractivity contribution in [1.29, 1.82) is 0 Å². The van der Waals surface area contributed by atoms with Crippen LogP contribution in [0.4, 0.5) is 0 Å². The zero-order chi connectivity index (χ0) is 51.9. The number of hydrogen-bond acceptors (Lipinski definition) is 10. The van der Waals surface area contributed by atoms with Gasteiger partial charge in [0.25, 0.3) is 11.8 Å². The van der Waals surface area contributed by atoms with Crippen LogP contribution in [-0.2, 0) is 19.2 Å². The predicted octanol–water partition coefficient (Wildman–Crippen LogP) is 9.99. The molecular weight excluding hydrogens is 899 g/mol. The third-order valence-electron chi connectivity index (χ3n) is 14.3. The zero-order valence-electron chi connectivity index (χ0n) is 47.2. The van der Waals surface area contributed by atoms with Gasteiger partial charge in [-0.3, -0.25) is 24.1 Å². The number of nitrogens with zero attached hydrogens (tertiary/aromatic N) is 1. The summed E-state index contributed by atoms with van der Waals surface area (Å²) in [5.74, 6) is 0.360. The Balaban J connectivity index is 1.88. The Morgan fingerprint density at radius 2 is 0.653 bits per heavy atom. The largest absolute Gasteiger partial charge is 0.356 e. The van der Waals surface area contributed by atoms with Crippen LogP contribution in [0.1, 0.15) is 238 Å². The zero-order valence-corrected chi connectivity index (χ0v) is 47.2. The van der Waals surface area contributed by atoms with Crippen molar-refractivity contribution in [1.82, 2.24) is 47.4 Å². The van der Waals surface area contributed by atoms with Crippen LogP contribution in [0.5, 0.6) is 0 Å². The quantitative estimate of drug-likeness (QED) is 0.0217. The molecule has 4 amide bonds. The minimum absolute atomic E-state index is 0.00169. The average Bonchev–Trinajstić information content (AvgIpc) is 3.70. The van der Waals surface area contributed by atoms with E-state index < -0.39 is 0 Å². The molecule has 1 aliphatic rings. The Morgan fingerprint density at radius 1 is 0.361 bits per heavy atom. The Labute approximate surface area is 443 Å². The first kappa shape index (κ1) is 67.6. The molecule has 0 aromatic carbocycles. The minimum atomic E-state index is -0.283. The smallest absolute Gasteiger partial charge is 0.253 e. The van der Waals surface area contributed by atoms with Crippen molar-refractivity contribution in [2.24, 2.45) is 5.92 Å². The maximum atomic E-state index is 12.4. The van der Waals surface area contributed by atoms with E-state index in [0.29, 0.717) is 38.3 Å². The molecule has 1 heterocycles. The number of carbonyl (C=O) groups excluding carboxylic acids is 4. The Hall–Kier alpha value is -2.42. The first-order valence-electron chi connectivity index (χ1n) is 30.7. The molecule has 422 valence electrons. The van der Waals surface area contributed by atoms with Crippen LogP contribution < -0.4 is 42.5 Å². The SMILES string of the molecule is CNCCCCNCCCCNCC(CCCCCCNC(=O)CCCCCCCCCCCCCCCCCCCCCCCNC(=O)CCCN1C(=O)C=CC1=O)CNCCCCNCCCCNC. The Morgan fingerprint density at radius 3 is 1.03 bits per heavy atom. The lowest BCUT2D eigenvalue weighted by Crippen LogP contribution is -2.32. The number of nitrogens with one attached hydrogen (secondary N) is 8. The van der Waals surface area contributed by atoms with Gasteiger partial charge >= 0.3 is 0 Å². The van der Waals surface area contributed by atoms with Crippen LogP contribution in [0.15, 0.2) is 12.2 Å². The summed E-state index contributed by atoms with van der Waals surface area (Å²) in [6.07, 6.45) is 47.5. The summed E-state index contributed by atoms with van der Waals surface area (Å²) in [7, 11) is 4.05. The second kappa shape index (κ2) is 54.8. The van der Waals surface area contributed by atoms with Gasteiger partial charge in [-0.25, -0.2) is 0 Å². The van der Waals surface area contributed by atoms with Crippen LogP contribution in [0.2, 0.25) is 0 Å². The molecule has 0 bridgehead atoms. The molecule has 0 aromatic heterocycles. The summed E-state index contributed by atoms with van der Waals surface area (Å²) in [6, 6.07) is 0. The van der Waals surface area contributed by atoms with E-state index >= 15 is 0 Å². The van der Waals surface area contributed by atoms with Crippen LogP contribution in [-0.4, -0.2) is 128 Å². The fourth-order valence-electron chi connectivity index (χ4n) is 9.60. The van der Waals surface area contributed by atoms with Crippen molar-refractivity contribution in [2.45, 2.75) is 238 Å². The molecule has 72 heavy (non-hydrogen) atoms. The number of carbonyl (C=O) groups is 4. The molecule has 0 saturated carbocycles. The topological polar surface area (TPSA) is 168 Å². The molecule has 0 aromatic rings. The molecule has 13 heteroatoms. The lowest BCUT2D eigenvalue weighted by Gasteiger charge is -2.19. The first-order chi connectivity index (χ1) is 35.5. The van der Waals surface area contributed by atoms with Gasteiger partial charge in [-0.1, -0.05) is 141 Å². The summed E-state index contributed by atoms with van der Waals surface area (Å²) in [4.78, 5) is 48.7. The van der Waals surface area contributed by atoms with E-state index in [-0.39, 0.29) is 23.6 Å². The maximum absolute atomic E-state index is 12.4. The summed E-state index contributed by atoms with van der Waals surface area (Å²) >= 11 is 0. The maximum Gasteiger partial charge on any atom is 0.253 e. The van der Waals surface area contributed by atoms with Crippen molar-refractivity contribution in [2.75, 3.05) is 99.2 Å². The highest BCUT2D eigenvalue weighted by atomic mass is 16.2. The fraction of sp³-hybridized carbons (Fsp3) is 0.898. The minimum Gasteiger partial charge on any atom is -0.356 e. The average molecular weight is 1020 g/mol. The molecule has 0 spiro atoms. The molecule has 0 fully saturated rings. The van der Waals surface area contributed by atoms with E-state index in [1.807, 2.05) is 14.1 Å². The predicted molar refractivity (Wildman–Crippen MR) is 306 cm³/mol. The third-order valence-corrected chi connectivity index (χ3v) is 14.3. The van der Waals surface area contributed by atoms with Gasteiger partial charge in [-0.2, -0.15) is 0 Å². The second-order valence-electron chi connectivity index (χ2n) is 21.2. The van der Waals surface area contributed by atoms with Crippen molar-refractivity contribution in [3.8, 4) is 0 Å². The fourth-order valence-corrected chi connectivity index (χ4v) is 9.60. The van der Waals surface area contributed by atoms with Gasteiger partial charge < -0.3 is 42.5 Å². The normalized spacial score (nSPS) is 12.6. The molecule has 0 unspecified atom stereocenters. The lowest BCUT2D eigenvalue weighted by molar-refractivity contribution is -0.137. The van der Waals surface area contributed by atoms with Crippen molar-refractivity contribution < 1.29 is 19.2 Å². The van der Waals surface area contributed by atoms with Crippen LogP contribution in [0.3, 0.4) is 0 Å². The number of unbranched alkanes of at least 4 members (excludes halogenated alkanes) is 27. The van der Waals surface area contributed by atoms with Gasteiger partial charge in [0.05, 0.1) is 0 Å². The number of hydrogen-bond donors (Lipinski definition) is 8. The molecule has 13 nitrogen and oxygen atoms in total. The monoisotopic (exact) mass is 1020 g/mol. The van der Waals surface area contributed by atoms with E-state index in [2.05, 4.69) is 42.5 Å². The highest BCUT2D eigenvalue weighted by Crippen LogP contribution is 2.16. The third kappa shape index (κ3) is 47.3. The van der Waals surface area contributed by atoms with Crippen LogP contribution in [0, 0.1) is 5.92 Å². The van der Waals surface area contributed by atoms with Gasteiger partial charge in [-0.15, -0.1) is 0 Å². The summed E-state index contributed by atoms with van der Waals surface area (Å²) in [6.45, 7) is 13.0. The van der Waals surface area contributed by atoms with Gasteiger partial charge in [-0.05, 0) is 169 Å². The number of rotatable bonds is 59. The second-order valence-corrected chi connectivity index (χ2v) is 21.2. The molecule has 8 N–H and O–H groups in total. The van der Waals surface area contributed by atoms with Crippen molar-refractivity contribution in [3.63, 3.8) is 0 Å². The molecular formula is C59H117N9O4. The van der Waals surface area contributed by atoms with Crippen molar-refractivity contribution in [3.05, 3.63) is 12.2 Å². The van der Waals surface area contributed by atoms with Crippen molar-refractivity contribution >= 4 is 23.6 Å². The molecule has 0 saturated heterocycles. The van der Waals surface area contributed by atoms with E-state index in [9.17, 15) is 19.2 Å². The molecule has 1 rings (SSSR count). The van der Waals surface area contributed by atoms with E-state index in [0.717, 1.165) is 97.7 Å². The molecule has 0 atom stereocenters. The molecule has 1 aliphatic heterocycles. The van der Waals surface area contributed by atoms with Crippen LogP contribution in [0.25, 0.3) is 0 Å². The van der Waals surface area contributed by atoms with Gasteiger partial charge in [0.15, 0.2) is 0 Å². The number of imide groups is 1. The van der Waals surface area contributed by atoms with E-state index in [1.54, 1.807) is 0 Å². The molecule has 0 aliphatic carbocycles. The summed E-state index contributed by atoms with van der Waals surface area (Å²) in [5, 5.41) is 27.4. The highest BCUT2D eigenvalue weighted by Gasteiger charge is 2.22. The highest BCUT2D eigenvalue weighted by molar-refractivity contribution is 6.12. The standard InChI is InChI=1S/C59H117N9O4/c1-60-42-28-30-44-62-46-32-34-48-64-53-55(54-65-49-35-33-47-63-45-31-29-43-61-2)37-24-21-23-27-51-66-56(69)38-25-20-18-16-14-12-10-8-6-4-3-5-7-9-11-13-15-17-19-22-26-50-67-57(70)39-36-52-68-58(71)40-41-59(68)72/h40-41,55,60-65H,3-39,42-54H2,1-2H3,(H,66,69)(H,67,70). The van der Waals surface area contributed by atoms with E-state index in [1.165, 1.54) is 210 Å².